The Labute approximate surface area is 154 Å². The second-order valence-corrected chi connectivity index (χ2v) is 6.58. The van der Waals surface area contributed by atoms with E-state index in [2.05, 4.69) is 20.9 Å². The number of benzene rings is 1. The van der Waals surface area contributed by atoms with E-state index < -0.39 is 23.4 Å². The summed E-state index contributed by atoms with van der Waals surface area (Å²) in [7, 11) is 0. The van der Waals surface area contributed by atoms with Gasteiger partial charge in [-0.25, -0.2) is 13.6 Å². The van der Waals surface area contributed by atoms with Gasteiger partial charge in [-0.1, -0.05) is 20.8 Å². The first kappa shape index (κ1) is 21.3. The molecule has 0 spiro atoms. The average Bonchev–Trinajstić information content (AvgIpc) is 2.54. The molecule has 0 aliphatic carbocycles. The largest absolute Gasteiger partial charge is 0.506 e. The van der Waals surface area contributed by atoms with Crippen molar-refractivity contribution in [2.24, 2.45) is 10.9 Å². The Morgan fingerprint density at radius 1 is 1.32 bits per heavy atom. The third-order valence-corrected chi connectivity index (χ3v) is 4.21. The second-order valence-electron chi connectivity index (χ2n) is 5.73. The number of rotatable bonds is 7. The number of ether oxygens (including phenoxy) is 1. The number of esters is 1. The minimum Gasteiger partial charge on any atom is -0.506 e. The fourth-order valence-electron chi connectivity index (χ4n) is 2.19. The van der Waals surface area contributed by atoms with E-state index in [9.17, 15) is 18.7 Å². The molecule has 4 nitrogen and oxygen atoms in total. The van der Waals surface area contributed by atoms with Crippen molar-refractivity contribution >= 4 is 33.9 Å². The average molecular weight is 418 g/mol. The zero-order chi connectivity index (χ0) is 19.1. The lowest BCUT2D eigenvalue weighted by atomic mass is 10.0. The van der Waals surface area contributed by atoms with Gasteiger partial charge in [0.1, 0.15) is 23.0 Å². The Morgan fingerprint density at radius 3 is 2.48 bits per heavy atom. The summed E-state index contributed by atoms with van der Waals surface area (Å²) in [4.78, 5) is 16.5. The number of hydrogen-bond acceptors (Lipinski definition) is 4. The zero-order valence-corrected chi connectivity index (χ0v) is 16.2. The molecule has 0 aliphatic heterocycles. The number of halogens is 3. The van der Waals surface area contributed by atoms with Gasteiger partial charge in [0, 0.05) is 12.3 Å². The Kier molecular flexibility index (Phi) is 8.22. The maximum atomic E-state index is 14.0. The standard InChI is InChI=1S/C18H22BrF2NO3/c1-5-16(10(3)4)22-9-12(18(24)25-6-2)17(23)11-7-13(19)15(21)8-14(11)20/h7-10,16,23H,5-6H2,1-4H3/b17-12-,22-9?/t16-/m1/s1. The third-order valence-electron chi connectivity index (χ3n) is 3.60. The molecule has 1 N–H and O–H groups in total. The van der Waals surface area contributed by atoms with Crippen LogP contribution in [0, 0.1) is 17.6 Å². The summed E-state index contributed by atoms with van der Waals surface area (Å²) in [6.07, 6.45) is 1.93. The van der Waals surface area contributed by atoms with Crippen molar-refractivity contribution in [2.45, 2.75) is 40.2 Å². The Balaban J connectivity index is 3.44. The van der Waals surface area contributed by atoms with E-state index >= 15 is 0 Å². The van der Waals surface area contributed by atoms with Crippen LogP contribution in [0.15, 0.2) is 27.2 Å². The summed E-state index contributed by atoms with van der Waals surface area (Å²) >= 11 is 2.93. The topological polar surface area (TPSA) is 58.9 Å². The highest BCUT2D eigenvalue weighted by atomic mass is 79.9. The molecule has 0 heterocycles. The molecule has 0 aliphatic rings. The SMILES string of the molecule is CCOC(=O)/C(C=N[C@H](CC)C(C)C)=C(\O)c1cc(Br)c(F)cc1F. The summed E-state index contributed by atoms with van der Waals surface area (Å²) in [5, 5.41) is 10.4. The van der Waals surface area contributed by atoms with Gasteiger partial charge >= 0.3 is 5.97 Å². The lowest BCUT2D eigenvalue weighted by molar-refractivity contribution is -0.137. The molecule has 0 saturated carbocycles. The molecule has 0 amide bonds. The zero-order valence-electron chi connectivity index (χ0n) is 14.6. The van der Waals surface area contributed by atoms with Crippen LogP contribution in [0.4, 0.5) is 8.78 Å². The normalized spacial score (nSPS) is 13.9. The summed E-state index contributed by atoms with van der Waals surface area (Å²) in [5.41, 5.74) is -0.598. The molecular formula is C18H22BrF2NO3. The van der Waals surface area contributed by atoms with Crippen molar-refractivity contribution in [2.75, 3.05) is 6.61 Å². The highest BCUT2D eigenvalue weighted by Gasteiger charge is 2.21. The molecule has 1 aromatic carbocycles. The first-order chi connectivity index (χ1) is 11.7. The lowest BCUT2D eigenvalue weighted by Gasteiger charge is -2.14. The molecular weight excluding hydrogens is 396 g/mol. The maximum Gasteiger partial charge on any atom is 0.343 e. The van der Waals surface area contributed by atoms with Gasteiger partial charge in [-0.15, -0.1) is 0 Å². The van der Waals surface area contributed by atoms with Crippen molar-refractivity contribution in [3.05, 3.63) is 39.4 Å². The maximum absolute atomic E-state index is 14.0. The Bertz CT molecular complexity index is 687. The number of carbonyl (C=O) groups is 1. The second kappa shape index (κ2) is 9.65. The first-order valence-corrected chi connectivity index (χ1v) is 8.80. The molecule has 1 rings (SSSR count). The van der Waals surface area contributed by atoms with Crippen molar-refractivity contribution in [3.8, 4) is 0 Å². The number of aliphatic imine (C=N–C) groups is 1. The number of nitrogens with zero attached hydrogens (tertiary/aromatic N) is 1. The van der Waals surface area contributed by atoms with Crippen molar-refractivity contribution in [1.29, 1.82) is 0 Å². The lowest BCUT2D eigenvalue weighted by Crippen LogP contribution is -2.16. The summed E-state index contributed by atoms with van der Waals surface area (Å²) < 4.78 is 32.3. The smallest absolute Gasteiger partial charge is 0.343 e. The van der Waals surface area contributed by atoms with Gasteiger partial charge in [-0.2, -0.15) is 0 Å². The van der Waals surface area contributed by atoms with Gasteiger partial charge in [0.2, 0.25) is 0 Å². The fourth-order valence-corrected chi connectivity index (χ4v) is 2.53. The Morgan fingerprint density at radius 2 is 1.96 bits per heavy atom. The highest BCUT2D eigenvalue weighted by Crippen LogP contribution is 2.26. The molecule has 0 saturated heterocycles. The number of aliphatic hydroxyl groups excluding tert-OH is 1. The predicted molar refractivity (Wildman–Crippen MR) is 97.6 cm³/mol. The van der Waals surface area contributed by atoms with Crippen LogP contribution in [0.3, 0.4) is 0 Å². The molecule has 0 aromatic heterocycles. The van der Waals surface area contributed by atoms with Crippen molar-refractivity contribution in [3.63, 3.8) is 0 Å². The summed E-state index contributed by atoms with van der Waals surface area (Å²) in [6, 6.07) is 1.62. The number of hydrogen-bond donors (Lipinski definition) is 1. The van der Waals surface area contributed by atoms with Crippen LogP contribution in [0.1, 0.15) is 39.7 Å². The Hall–Kier alpha value is -1.76. The number of aliphatic hydroxyl groups is 1. The molecule has 138 valence electrons. The predicted octanol–water partition coefficient (Wildman–Crippen LogP) is 5.06. The van der Waals surface area contributed by atoms with Gasteiger partial charge in [-0.05, 0) is 41.3 Å². The van der Waals surface area contributed by atoms with E-state index in [1.54, 1.807) is 6.92 Å². The van der Waals surface area contributed by atoms with Crippen LogP contribution in [0.2, 0.25) is 0 Å². The van der Waals surface area contributed by atoms with E-state index in [4.69, 9.17) is 4.74 Å². The van der Waals surface area contributed by atoms with E-state index in [1.807, 2.05) is 20.8 Å². The van der Waals surface area contributed by atoms with Crippen molar-refractivity contribution < 1.29 is 23.4 Å². The quantitative estimate of drug-likeness (QED) is 0.221. The van der Waals surface area contributed by atoms with Crippen LogP contribution in [0.25, 0.3) is 5.76 Å². The van der Waals surface area contributed by atoms with Crippen LogP contribution < -0.4 is 0 Å². The molecule has 7 heteroatoms. The van der Waals surface area contributed by atoms with E-state index in [0.29, 0.717) is 6.07 Å². The molecule has 0 fully saturated rings. The van der Waals surface area contributed by atoms with E-state index in [1.165, 1.54) is 6.21 Å². The molecule has 0 bridgehead atoms. The minimum atomic E-state index is -0.996. The summed E-state index contributed by atoms with van der Waals surface area (Å²) in [6.45, 7) is 7.61. The van der Waals surface area contributed by atoms with Gasteiger partial charge in [0.25, 0.3) is 0 Å². The van der Waals surface area contributed by atoms with Gasteiger partial charge in [0.05, 0.1) is 22.7 Å². The van der Waals surface area contributed by atoms with E-state index in [0.717, 1.165) is 12.5 Å². The van der Waals surface area contributed by atoms with Crippen LogP contribution in [0.5, 0.6) is 0 Å². The first-order valence-electron chi connectivity index (χ1n) is 8.01. The molecule has 0 unspecified atom stereocenters. The van der Waals surface area contributed by atoms with Crippen LogP contribution in [-0.4, -0.2) is 29.9 Å². The minimum absolute atomic E-state index is 0.0378. The van der Waals surface area contributed by atoms with Crippen molar-refractivity contribution in [1.82, 2.24) is 0 Å². The molecule has 1 atom stereocenters. The van der Waals surface area contributed by atoms with Crippen LogP contribution >= 0.6 is 15.9 Å². The summed E-state index contributed by atoms with van der Waals surface area (Å²) in [5.74, 6) is -3.07. The van der Waals surface area contributed by atoms with Gasteiger partial charge in [0.15, 0.2) is 0 Å². The fraction of sp³-hybridized carbons (Fsp3) is 0.444. The number of carbonyl (C=O) groups excluding carboxylic acids is 1. The van der Waals surface area contributed by atoms with E-state index in [-0.39, 0.29) is 34.2 Å². The molecule has 25 heavy (non-hydrogen) atoms. The highest BCUT2D eigenvalue weighted by molar-refractivity contribution is 9.10. The van der Waals surface area contributed by atoms with Gasteiger partial charge in [-0.3, -0.25) is 4.99 Å². The molecule has 0 radical (unpaired) electrons. The third kappa shape index (κ3) is 5.63. The van der Waals surface area contributed by atoms with Gasteiger partial charge < -0.3 is 9.84 Å². The molecule has 1 aromatic rings. The monoisotopic (exact) mass is 417 g/mol. The van der Waals surface area contributed by atoms with Crippen LogP contribution in [-0.2, 0) is 9.53 Å².